The Balaban J connectivity index is 1.46. The van der Waals surface area contributed by atoms with Gasteiger partial charge in [-0.05, 0) is 31.4 Å². The van der Waals surface area contributed by atoms with E-state index in [2.05, 4.69) is 50.5 Å². The molecule has 5 heteroatoms. The van der Waals surface area contributed by atoms with Gasteiger partial charge in [-0.15, -0.1) is 0 Å². The van der Waals surface area contributed by atoms with Gasteiger partial charge in [-0.25, -0.2) is 0 Å². The molecule has 1 unspecified atom stereocenters. The molecule has 110 valence electrons. The highest BCUT2D eigenvalue weighted by atomic mass is 15.3. The highest BCUT2D eigenvalue weighted by Gasteiger charge is 2.34. The smallest absolute Gasteiger partial charge is 0.191 e. The highest BCUT2D eigenvalue weighted by Crippen LogP contribution is 2.29. The van der Waals surface area contributed by atoms with Crippen LogP contribution in [0.5, 0.6) is 0 Å². The molecule has 1 atom stereocenters. The first-order valence-corrected chi connectivity index (χ1v) is 7.57. The van der Waals surface area contributed by atoms with Gasteiger partial charge in [0.1, 0.15) is 0 Å². The largest absolute Gasteiger partial charge is 0.353 e. The molecule has 1 aliphatic carbocycles. The van der Waals surface area contributed by atoms with E-state index in [0.717, 1.165) is 25.1 Å². The summed E-state index contributed by atoms with van der Waals surface area (Å²) in [6.45, 7) is 3.20. The van der Waals surface area contributed by atoms with Gasteiger partial charge in [-0.2, -0.15) is 0 Å². The lowest BCUT2D eigenvalue weighted by Crippen LogP contribution is -2.44. The molecule has 0 spiro atoms. The van der Waals surface area contributed by atoms with E-state index in [0.29, 0.717) is 6.04 Å². The van der Waals surface area contributed by atoms with E-state index in [1.807, 2.05) is 7.05 Å². The molecule has 0 aromatic carbocycles. The quantitative estimate of drug-likeness (QED) is 0.634. The van der Waals surface area contributed by atoms with Gasteiger partial charge in [-0.1, -0.05) is 0 Å². The normalized spacial score (nSPS) is 24.1. The average molecular weight is 275 g/mol. The molecule has 1 aliphatic heterocycles. The van der Waals surface area contributed by atoms with Crippen LogP contribution in [0.25, 0.3) is 0 Å². The monoisotopic (exact) mass is 275 g/mol. The van der Waals surface area contributed by atoms with Crippen LogP contribution < -0.4 is 10.6 Å². The standard InChI is InChI=1S/C15H25N5/c1-16-15(17-10-14-4-3-8-19(14)2)18-12-7-9-20(11-12)13-5-6-13/h3-4,8,12-13H,5-7,9-11H2,1-2H3,(H2,16,17,18). The van der Waals surface area contributed by atoms with Crippen molar-refractivity contribution in [2.24, 2.45) is 12.0 Å². The molecule has 3 rings (SSSR count). The van der Waals surface area contributed by atoms with Crippen molar-refractivity contribution in [1.29, 1.82) is 0 Å². The van der Waals surface area contributed by atoms with Crippen LogP contribution in [0, 0.1) is 0 Å². The maximum atomic E-state index is 4.33. The minimum Gasteiger partial charge on any atom is -0.353 e. The number of aliphatic imine (C=N–C) groups is 1. The summed E-state index contributed by atoms with van der Waals surface area (Å²) in [4.78, 5) is 6.95. The van der Waals surface area contributed by atoms with E-state index in [1.54, 1.807) is 0 Å². The van der Waals surface area contributed by atoms with Gasteiger partial charge in [-0.3, -0.25) is 9.89 Å². The summed E-state index contributed by atoms with van der Waals surface area (Å²) in [7, 11) is 3.91. The summed E-state index contributed by atoms with van der Waals surface area (Å²) < 4.78 is 2.13. The molecule has 0 radical (unpaired) electrons. The third-order valence-corrected chi connectivity index (χ3v) is 4.34. The lowest BCUT2D eigenvalue weighted by Gasteiger charge is -2.18. The van der Waals surface area contributed by atoms with Gasteiger partial charge in [0.15, 0.2) is 5.96 Å². The van der Waals surface area contributed by atoms with Crippen molar-refractivity contribution < 1.29 is 0 Å². The van der Waals surface area contributed by atoms with Crippen molar-refractivity contribution in [3.8, 4) is 0 Å². The van der Waals surface area contributed by atoms with Gasteiger partial charge >= 0.3 is 0 Å². The second-order valence-corrected chi connectivity index (χ2v) is 5.89. The fourth-order valence-corrected chi connectivity index (χ4v) is 2.92. The third kappa shape index (κ3) is 3.15. The van der Waals surface area contributed by atoms with Gasteiger partial charge in [0.05, 0.1) is 6.54 Å². The van der Waals surface area contributed by atoms with Gasteiger partial charge in [0, 0.05) is 51.2 Å². The van der Waals surface area contributed by atoms with E-state index in [9.17, 15) is 0 Å². The summed E-state index contributed by atoms with van der Waals surface area (Å²) in [5, 5.41) is 6.95. The van der Waals surface area contributed by atoms with Crippen LogP contribution >= 0.6 is 0 Å². The Kier molecular flexibility index (Phi) is 3.96. The zero-order chi connectivity index (χ0) is 13.9. The van der Waals surface area contributed by atoms with Gasteiger partial charge < -0.3 is 15.2 Å². The van der Waals surface area contributed by atoms with Gasteiger partial charge in [0.2, 0.25) is 0 Å². The van der Waals surface area contributed by atoms with Crippen molar-refractivity contribution in [3.05, 3.63) is 24.0 Å². The topological polar surface area (TPSA) is 44.6 Å². The summed E-state index contributed by atoms with van der Waals surface area (Å²) in [5.41, 5.74) is 1.26. The number of aromatic nitrogens is 1. The van der Waals surface area contributed by atoms with E-state index in [1.165, 1.54) is 31.5 Å². The first-order valence-electron chi connectivity index (χ1n) is 7.57. The molecule has 2 N–H and O–H groups in total. The van der Waals surface area contributed by atoms with E-state index < -0.39 is 0 Å². The Morgan fingerprint density at radius 3 is 2.90 bits per heavy atom. The molecule has 2 heterocycles. The Morgan fingerprint density at radius 1 is 1.40 bits per heavy atom. The maximum absolute atomic E-state index is 4.33. The second-order valence-electron chi connectivity index (χ2n) is 5.89. The fourth-order valence-electron chi connectivity index (χ4n) is 2.92. The predicted molar refractivity (Wildman–Crippen MR) is 81.7 cm³/mol. The second kappa shape index (κ2) is 5.87. The number of hydrogen-bond acceptors (Lipinski definition) is 2. The molecule has 1 aromatic heterocycles. The summed E-state index contributed by atoms with van der Waals surface area (Å²) in [6, 6.07) is 5.61. The number of guanidine groups is 1. The zero-order valence-electron chi connectivity index (χ0n) is 12.5. The van der Waals surface area contributed by atoms with Crippen LogP contribution in [0.4, 0.5) is 0 Å². The van der Waals surface area contributed by atoms with E-state index in [4.69, 9.17) is 0 Å². The minimum atomic E-state index is 0.537. The van der Waals surface area contributed by atoms with Crippen LogP contribution in [0.2, 0.25) is 0 Å². The van der Waals surface area contributed by atoms with Crippen LogP contribution in [-0.4, -0.2) is 47.6 Å². The van der Waals surface area contributed by atoms with Gasteiger partial charge in [0.25, 0.3) is 0 Å². The SMILES string of the molecule is CN=C(NCc1cccn1C)NC1CCN(C2CC2)C1. The number of rotatable bonds is 4. The third-order valence-electron chi connectivity index (χ3n) is 4.34. The molecule has 0 amide bonds. The van der Waals surface area contributed by atoms with Crippen molar-refractivity contribution in [2.75, 3.05) is 20.1 Å². The Bertz CT molecular complexity index is 474. The Hall–Kier alpha value is -1.49. The number of nitrogens with one attached hydrogen (secondary N) is 2. The molecule has 1 saturated heterocycles. The van der Waals surface area contributed by atoms with Crippen molar-refractivity contribution in [3.63, 3.8) is 0 Å². The predicted octanol–water partition coefficient (Wildman–Crippen LogP) is 0.927. The fraction of sp³-hybridized carbons (Fsp3) is 0.667. The number of aryl methyl sites for hydroxylation is 1. The van der Waals surface area contributed by atoms with Crippen LogP contribution in [0.1, 0.15) is 25.0 Å². The molecule has 0 bridgehead atoms. The van der Waals surface area contributed by atoms with Crippen molar-refractivity contribution in [1.82, 2.24) is 20.1 Å². The lowest BCUT2D eigenvalue weighted by atomic mass is 10.3. The van der Waals surface area contributed by atoms with Crippen molar-refractivity contribution >= 4 is 5.96 Å². The summed E-state index contributed by atoms with van der Waals surface area (Å²) in [5.74, 6) is 0.911. The number of likely N-dealkylation sites (tertiary alicyclic amines) is 1. The molecule has 1 aromatic rings. The van der Waals surface area contributed by atoms with Crippen molar-refractivity contribution in [2.45, 2.75) is 37.9 Å². The van der Waals surface area contributed by atoms with E-state index >= 15 is 0 Å². The molecule has 5 nitrogen and oxygen atoms in total. The zero-order valence-corrected chi connectivity index (χ0v) is 12.5. The first kappa shape index (κ1) is 13.5. The summed E-state index contributed by atoms with van der Waals surface area (Å²) in [6.07, 6.45) is 6.08. The Labute approximate surface area is 121 Å². The molecular weight excluding hydrogens is 250 g/mol. The average Bonchev–Trinajstić information content (AvgIpc) is 3.07. The molecule has 20 heavy (non-hydrogen) atoms. The summed E-state index contributed by atoms with van der Waals surface area (Å²) >= 11 is 0. The minimum absolute atomic E-state index is 0.537. The molecular formula is C15H25N5. The van der Waals surface area contributed by atoms with Crippen LogP contribution in [0.15, 0.2) is 23.3 Å². The molecule has 1 saturated carbocycles. The Morgan fingerprint density at radius 2 is 2.25 bits per heavy atom. The highest BCUT2D eigenvalue weighted by molar-refractivity contribution is 5.79. The first-order chi connectivity index (χ1) is 9.76. The van der Waals surface area contributed by atoms with E-state index in [-0.39, 0.29) is 0 Å². The number of hydrogen-bond donors (Lipinski definition) is 2. The molecule has 2 fully saturated rings. The number of nitrogens with zero attached hydrogens (tertiary/aromatic N) is 3. The lowest BCUT2D eigenvalue weighted by molar-refractivity contribution is 0.321. The molecule has 2 aliphatic rings. The van der Waals surface area contributed by atoms with Crippen LogP contribution in [-0.2, 0) is 13.6 Å². The maximum Gasteiger partial charge on any atom is 0.191 e. The van der Waals surface area contributed by atoms with Crippen LogP contribution in [0.3, 0.4) is 0 Å².